The zero-order valence-corrected chi connectivity index (χ0v) is 16.7. The normalized spacial score (nSPS) is 9.78. The van der Waals surface area contributed by atoms with Crippen LogP contribution >= 0.6 is 0 Å². The van der Waals surface area contributed by atoms with E-state index in [0.29, 0.717) is 0 Å². The number of aryl methyl sites for hydroxylation is 4. The van der Waals surface area contributed by atoms with E-state index in [0.717, 1.165) is 35.4 Å². The number of hydrogen-bond donors (Lipinski definition) is 1. The maximum atomic E-state index is 9.22. The first kappa shape index (κ1) is 27.2. The van der Waals surface area contributed by atoms with Gasteiger partial charge < -0.3 is 9.66 Å². The quantitative estimate of drug-likeness (QED) is 0.471. The highest BCUT2D eigenvalue weighted by Crippen LogP contribution is 2.03. The molecule has 2 aromatic rings. The molecule has 154 valence electrons. The summed E-state index contributed by atoms with van der Waals surface area (Å²) in [7, 11) is -1.94. The molecule has 0 saturated heterocycles. The third-order valence-corrected chi connectivity index (χ3v) is 3.43. The average Bonchev–Trinajstić information content (AvgIpc) is 2.54. The first-order chi connectivity index (χ1) is 12.0. The lowest BCUT2D eigenvalue weighted by Gasteiger charge is -1.98. The smallest absolute Gasteiger partial charge is 0.231 e. The molecule has 27 heavy (non-hydrogen) atoms. The molecule has 0 saturated carbocycles. The van der Waals surface area contributed by atoms with Crippen molar-refractivity contribution in [3.8, 4) is 0 Å². The number of aliphatic hydroxyl groups excluding tert-OH is 1. The van der Waals surface area contributed by atoms with E-state index < -0.39 is 10.4 Å². The highest BCUT2D eigenvalue weighted by atomic mass is 32.3. The molecule has 0 radical (unpaired) electrons. The fraction of sp³-hybridized carbons (Fsp3) is 0.444. The molecule has 0 aliphatic carbocycles. The minimum absolute atomic E-state index is 0. The zero-order valence-electron chi connectivity index (χ0n) is 15.9. The van der Waals surface area contributed by atoms with Crippen LogP contribution in [0.1, 0.15) is 35.8 Å². The van der Waals surface area contributed by atoms with Gasteiger partial charge in [0.15, 0.2) is 0 Å². The van der Waals surface area contributed by atoms with Crippen LogP contribution in [-0.4, -0.2) is 37.3 Å². The maximum Gasteiger partial charge on any atom is 0.231 e. The molecule has 0 aliphatic rings. The van der Waals surface area contributed by atoms with Gasteiger partial charge in [-0.3, -0.25) is 14.0 Å². The van der Waals surface area contributed by atoms with Crippen molar-refractivity contribution in [1.29, 1.82) is 0 Å². The van der Waals surface area contributed by atoms with Crippen LogP contribution in [0, 0.1) is 27.7 Å². The molecule has 0 atom stereocenters. The monoisotopic (exact) mass is 402 g/mol. The summed E-state index contributed by atoms with van der Waals surface area (Å²) in [6.45, 7) is 7.97. The fourth-order valence-electron chi connectivity index (χ4n) is 2.04. The zero-order chi connectivity index (χ0) is 20.3. The Morgan fingerprint density at radius 1 is 1.07 bits per heavy atom. The molecule has 0 aliphatic heterocycles. The molecule has 0 unspecified atom stereocenters. The van der Waals surface area contributed by atoms with Crippen molar-refractivity contribution in [3.05, 3.63) is 58.7 Å². The Morgan fingerprint density at radius 2 is 1.48 bits per heavy atom. The molecular formula is C18H30N2O6S. The molecule has 1 N–H and O–H groups in total. The molecular weight excluding hydrogens is 372 g/mol. The summed E-state index contributed by atoms with van der Waals surface area (Å²) < 4.78 is 32.8. The predicted molar refractivity (Wildman–Crippen MR) is 102 cm³/mol. The summed E-state index contributed by atoms with van der Waals surface area (Å²) in [5, 5.41) is 8.76. The number of aromatic nitrogens is 2. The lowest BCUT2D eigenvalue weighted by atomic mass is 10.2. The Hall–Kier alpha value is -2.07. The van der Waals surface area contributed by atoms with Gasteiger partial charge in [0.05, 0.1) is 13.7 Å². The third kappa shape index (κ3) is 12.0. The Bertz CT molecular complexity index is 754. The molecule has 0 bridgehead atoms. The predicted octanol–water partition coefficient (Wildman–Crippen LogP) is 1.57. The molecule has 9 heteroatoms. The van der Waals surface area contributed by atoms with Gasteiger partial charge in [0, 0.05) is 42.1 Å². The summed E-state index contributed by atoms with van der Waals surface area (Å²) in [6.07, 6.45) is 0. The number of hydrogen-bond acceptors (Lipinski definition) is 7. The Kier molecular flexibility index (Phi) is 13.2. The van der Waals surface area contributed by atoms with E-state index in [1.54, 1.807) is 11.8 Å². The molecule has 0 amide bonds. The third-order valence-electron chi connectivity index (χ3n) is 3.03. The standard InChI is InChI=1S/C8H11NO.C8H12NO.CH4O4S.CH4/c1-6-3-8(5-10)4-7(2)9-6;1-7-5-4-6-8(2)9(7)10-3;1-5-6(2,3)4;/h3-4,10H,5H2,1-2H3;4-6H,1-3H3;1H3,(H,2,3,4);1H4/q;+1;;/p-1. The van der Waals surface area contributed by atoms with Gasteiger partial charge in [0.2, 0.25) is 21.8 Å². The average molecular weight is 403 g/mol. The summed E-state index contributed by atoms with van der Waals surface area (Å²) in [4.78, 5) is 9.26. The van der Waals surface area contributed by atoms with Crippen molar-refractivity contribution in [3.63, 3.8) is 0 Å². The van der Waals surface area contributed by atoms with Gasteiger partial charge >= 0.3 is 0 Å². The highest BCUT2D eigenvalue weighted by molar-refractivity contribution is 7.80. The second-order valence-electron chi connectivity index (χ2n) is 5.28. The molecule has 0 fully saturated rings. The summed E-state index contributed by atoms with van der Waals surface area (Å²) in [6, 6.07) is 9.80. The molecule has 2 rings (SSSR count). The van der Waals surface area contributed by atoms with Gasteiger partial charge in [-0.1, -0.05) is 7.43 Å². The van der Waals surface area contributed by atoms with Crippen LogP contribution in [0.4, 0.5) is 0 Å². The maximum absolute atomic E-state index is 9.22. The first-order valence-electron chi connectivity index (χ1n) is 7.63. The van der Waals surface area contributed by atoms with Crippen LogP contribution in [-0.2, 0) is 21.2 Å². The first-order valence-corrected chi connectivity index (χ1v) is 8.96. The van der Waals surface area contributed by atoms with Gasteiger partial charge in [-0.15, -0.1) is 0 Å². The minimum atomic E-state index is -4.41. The SMILES string of the molecule is C.COS(=O)(=O)[O-].CO[n+]1c(C)cccc1C.Cc1cc(CO)cc(C)n1. The van der Waals surface area contributed by atoms with Crippen LogP contribution in [0.3, 0.4) is 0 Å². The topological polar surface area (TPSA) is 113 Å². The molecule has 2 heterocycles. The van der Waals surface area contributed by atoms with Crippen LogP contribution in [0.5, 0.6) is 0 Å². The lowest BCUT2D eigenvalue weighted by molar-refractivity contribution is -0.893. The van der Waals surface area contributed by atoms with E-state index in [1.165, 1.54) is 0 Å². The lowest BCUT2D eigenvalue weighted by Crippen LogP contribution is -2.45. The van der Waals surface area contributed by atoms with E-state index in [2.05, 4.69) is 9.17 Å². The molecule has 0 spiro atoms. The van der Waals surface area contributed by atoms with E-state index in [9.17, 15) is 13.0 Å². The van der Waals surface area contributed by atoms with Gasteiger partial charge in [-0.25, -0.2) is 8.42 Å². The number of rotatable bonds is 3. The van der Waals surface area contributed by atoms with Crippen LogP contribution < -0.4 is 9.57 Å². The molecule has 8 nitrogen and oxygen atoms in total. The minimum Gasteiger partial charge on any atom is -0.726 e. The number of pyridine rings is 2. The van der Waals surface area contributed by atoms with Crippen molar-refractivity contribution in [2.75, 3.05) is 14.2 Å². The summed E-state index contributed by atoms with van der Waals surface area (Å²) in [5.41, 5.74) is 5.09. The molecule has 0 aromatic carbocycles. The Morgan fingerprint density at radius 3 is 1.74 bits per heavy atom. The number of nitrogens with zero attached hydrogens (tertiary/aromatic N) is 2. The highest BCUT2D eigenvalue weighted by Gasteiger charge is 2.08. The van der Waals surface area contributed by atoms with Gasteiger partial charge in [-0.05, 0) is 37.6 Å². The Balaban J connectivity index is 0. The van der Waals surface area contributed by atoms with Gasteiger partial charge in [-0.2, -0.15) is 0 Å². The van der Waals surface area contributed by atoms with Gasteiger partial charge in [0.25, 0.3) is 0 Å². The summed E-state index contributed by atoms with van der Waals surface area (Å²) >= 11 is 0. The Labute approximate surface area is 162 Å². The fourth-order valence-corrected chi connectivity index (χ4v) is 2.04. The second-order valence-corrected chi connectivity index (χ2v) is 6.43. The largest absolute Gasteiger partial charge is 0.726 e. The molecule has 2 aromatic heterocycles. The van der Waals surface area contributed by atoms with Crippen molar-refractivity contribution < 1.29 is 31.8 Å². The number of aliphatic hydroxyl groups is 1. The van der Waals surface area contributed by atoms with Crippen molar-refractivity contribution in [2.24, 2.45) is 0 Å². The second kappa shape index (κ2) is 13.2. The van der Waals surface area contributed by atoms with E-state index in [4.69, 9.17) is 9.94 Å². The summed E-state index contributed by atoms with van der Waals surface area (Å²) in [5.74, 6) is 0. The van der Waals surface area contributed by atoms with E-state index >= 15 is 0 Å². The van der Waals surface area contributed by atoms with Crippen molar-refractivity contribution in [1.82, 2.24) is 4.98 Å². The van der Waals surface area contributed by atoms with Crippen LogP contribution in [0.2, 0.25) is 0 Å². The van der Waals surface area contributed by atoms with Crippen molar-refractivity contribution >= 4 is 10.4 Å². The van der Waals surface area contributed by atoms with E-state index in [-0.39, 0.29) is 14.0 Å². The van der Waals surface area contributed by atoms with Gasteiger partial charge in [0.1, 0.15) is 7.11 Å². The van der Waals surface area contributed by atoms with Crippen molar-refractivity contribution in [2.45, 2.75) is 41.7 Å². The van der Waals surface area contributed by atoms with Crippen LogP contribution in [0.15, 0.2) is 30.3 Å². The van der Waals surface area contributed by atoms with Crippen LogP contribution in [0.25, 0.3) is 0 Å². The van der Waals surface area contributed by atoms with E-state index in [1.807, 2.05) is 58.0 Å².